The minimum absolute atomic E-state index is 0.113. The zero-order chi connectivity index (χ0) is 27.0. The molecule has 1 saturated carbocycles. The number of rotatable bonds is 7. The van der Waals surface area contributed by atoms with Crippen molar-refractivity contribution >= 4 is 26.7 Å². The van der Waals surface area contributed by atoms with Crippen LogP contribution >= 0.6 is 0 Å². The Hall–Kier alpha value is -3.60. The molecule has 3 heterocycles. The van der Waals surface area contributed by atoms with Gasteiger partial charge in [0, 0.05) is 29.8 Å². The normalized spacial score (nSPS) is 20.2. The number of imidazole rings is 1. The average Bonchev–Trinajstić information content (AvgIpc) is 3.55. The lowest BCUT2D eigenvalue weighted by Gasteiger charge is -2.32. The van der Waals surface area contributed by atoms with Gasteiger partial charge in [-0.15, -0.1) is 0 Å². The number of nitrogens with zero attached hydrogens (tertiary/aromatic N) is 3. The summed E-state index contributed by atoms with van der Waals surface area (Å²) in [5, 5.41) is 7.04. The Kier molecular flexibility index (Phi) is 7.04. The molecule has 200 valence electrons. The lowest BCUT2D eigenvalue weighted by Crippen LogP contribution is -2.36. The number of H-pyrrole nitrogens is 1. The number of nitrogens with one attached hydrogen (secondary N) is 3. The summed E-state index contributed by atoms with van der Waals surface area (Å²) >= 11 is 0. The lowest BCUT2D eigenvalue weighted by atomic mass is 9.79. The Morgan fingerprint density at radius 3 is 2.74 bits per heavy atom. The summed E-state index contributed by atoms with van der Waals surface area (Å²) in [5.41, 5.74) is 2.02. The number of carbonyl (C=O) groups excluding carboxylic acids is 1. The van der Waals surface area contributed by atoms with Crippen LogP contribution in [-0.2, 0) is 16.1 Å². The maximum absolute atomic E-state index is 15.9. The smallest absolute Gasteiger partial charge is 0.257 e. The van der Waals surface area contributed by atoms with Crippen molar-refractivity contribution in [3.8, 4) is 11.1 Å². The number of benzene rings is 1. The van der Waals surface area contributed by atoms with Crippen LogP contribution in [0.25, 0.3) is 22.2 Å². The summed E-state index contributed by atoms with van der Waals surface area (Å²) in [5.74, 6) is 0.312. The molecule has 0 saturated heterocycles. The molecule has 9 nitrogen and oxygen atoms in total. The number of aromatic nitrogens is 4. The highest BCUT2D eigenvalue weighted by Gasteiger charge is 2.32. The molecule has 11 heteroatoms. The zero-order valence-electron chi connectivity index (χ0n) is 21.6. The highest BCUT2D eigenvalue weighted by molar-refractivity contribution is 7.91. The standard InChI is InChI=1S/C27H31FN6O3S/c1-4-20-19(14-37-34-20)27(35)33-24(16-7-5-15(2)6-8-16)26-31-21-10-9-17(23(28)25(21)32-26)18-13-30-12-11-22(18)38(3,29)36/h9-16,24,29H,4-8H2,1-3H3,(H,31,32)(H,33,35). The number of fused-ring (bicyclic) bond motifs is 1. The molecular formula is C27H31FN6O3S. The van der Waals surface area contributed by atoms with Crippen LogP contribution in [0.1, 0.15) is 67.4 Å². The molecule has 0 aliphatic heterocycles. The third kappa shape index (κ3) is 4.94. The second-order valence-electron chi connectivity index (χ2n) is 10.2. The number of halogens is 1. The first kappa shape index (κ1) is 26.0. The van der Waals surface area contributed by atoms with Crippen LogP contribution in [-0.4, -0.2) is 36.5 Å². The first-order valence-corrected chi connectivity index (χ1v) is 14.7. The van der Waals surface area contributed by atoms with E-state index in [2.05, 4.69) is 32.3 Å². The lowest BCUT2D eigenvalue weighted by molar-refractivity contribution is 0.0903. The van der Waals surface area contributed by atoms with Crippen molar-refractivity contribution in [2.75, 3.05) is 6.26 Å². The summed E-state index contributed by atoms with van der Waals surface area (Å²) in [6.45, 7) is 4.13. The first-order chi connectivity index (χ1) is 18.2. The van der Waals surface area contributed by atoms with Crippen LogP contribution in [0.4, 0.5) is 4.39 Å². The Balaban J connectivity index is 1.56. The number of aryl methyl sites for hydroxylation is 1. The summed E-state index contributed by atoms with van der Waals surface area (Å²) in [4.78, 5) is 25.4. The van der Waals surface area contributed by atoms with E-state index in [-0.39, 0.29) is 27.8 Å². The quantitative estimate of drug-likeness (QED) is 0.278. The molecule has 0 spiro atoms. The first-order valence-electron chi connectivity index (χ1n) is 12.8. The number of pyridine rings is 1. The predicted octanol–water partition coefficient (Wildman–Crippen LogP) is 5.65. The van der Waals surface area contributed by atoms with Crippen LogP contribution in [0.3, 0.4) is 0 Å². The molecule has 4 aromatic rings. The molecule has 0 radical (unpaired) electrons. The van der Waals surface area contributed by atoms with Gasteiger partial charge in [-0.05, 0) is 49.3 Å². The molecule has 1 amide bonds. The van der Waals surface area contributed by atoms with Crippen molar-refractivity contribution in [1.29, 1.82) is 4.78 Å². The van der Waals surface area contributed by atoms with Crippen LogP contribution in [0.2, 0.25) is 0 Å². The molecule has 1 fully saturated rings. The second kappa shape index (κ2) is 10.3. The third-order valence-corrected chi connectivity index (χ3v) is 8.63. The van der Waals surface area contributed by atoms with Gasteiger partial charge in [0.15, 0.2) is 5.82 Å². The maximum atomic E-state index is 15.9. The number of carbonyl (C=O) groups is 1. The molecule has 3 aromatic heterocycles. The summed E-state index contributed by atoms with van der Waals surface area (Å²) in [7, 11) is -3.11. The van der Waals surface area contributed by atoms with Crippen LogP contribution in [0.5, 0.6) is 0 Å². The number of hydrogen-bond acceptors (Lipinski definition) is 7. The van der Waals surface area contributed by atoms with E-state index in [4.69, 9.17) is 9.30 Å². The van der Waals surface area contributed by atoms with Gasteiger partial charge in [-0.2, -0.15) is 0 Å². The fraction of sp³-hybridized carbons (Fsp3) is 0.407. The number of hydrogen-bond donors (Lipinski definition) is 3. The van der Waals surface area contributed by atoms with E-state index in [9.17, 15) is 9.00 Å². The minimum Gasteiger partial charge on any atom is -0.364 e. The van der Waals surface area contributed by atoms with Crippen molar-refractivity contribution in [2.45, 2.75) is 56.9 Å². The third-order valence-electron chi connectivity index (χ3n) is 7.44. The van der Waals surface area contributed by atoms with E-state index in [1.807, 2.05) is 6.92 Å². The van der Waals surface area contributed by atoms with Crippen molar-refractivity contribution in [2.24, 2.45) is 11.8 Å². The van der Waals surface area contributed by atoms with Gasteiger partial charge in [-0.1, -0.05) is 31.8 Å². The summed E-state index contributed by atoms with van der Waals surface area (Å²) < 4.78 is 41.5. The Morgan fingerprint density at radius 1 is 1.26 bits per heavy atom. The molecular weight excluding hydrogens is 507 g/mol. The molecule has 3 N–H and O–H groups in total. The van der Waals surface area contributed by atoms with E-state index in [1.54, 1.807) is 12.1 Å². The van der Waals surface area contributed by atoms with Gasteiger partial charge in [0.1, 0.15) is 23.2 Å². The van der Waals surface area contributed by atoms with Crippen molar-refractivity contribution in [3.05, 3.63) is 59.8 Å². The highest BCUT2D eigenvalue weighted by atomic mass is 32.2. The van der Waals surface area contributed by atoms with Crippen LogP contribution in [0.15, 0.2) is 46.3 Å². The molecule has 1 aliphatic rings. The Labute approximate surface area is 220 Å². The average molecular weight is 539 g/mol. The molecule has 0 bridgehead atoms. The topological polar surface area (TPSA) is 138 Å². The van der Waals surface area contributed by atoms with E-state index in [0.717, 1.165) is 25.7 Å². The van der Waals surface area contributed by atoms with Gasteiger partial charge in [0.05, 0.1) is 31.9 Å². The van der Waals surface area contributed by atoms with E-state index in [1.165, 1.54) is 31.0 Å². The Bertz CT molecular complexity index is 1590. The SMILES string of the molecule is CCc1nocc1C(=O)NC(c1nc2c(F)c(-c3cnccc3S(C)(=N)=O)ccc2[nH]1)C1CCC(C)CC1. The molecule has 1 aliphatic carbocycles. The maximum Gasteiger partial charge on any atom is 0.257 e. The fourth-order valence-electron chi connectivity index (χ4n) is 5.29. The number of aromatic amines is 1. The van der Waals surface area contributed by atoms with Gasteiger partial charge in [0.2, 0.25) is 0 Å². The second-order valence-corrected chi connectivity index (χ2v) is 12.3. The molecule has 1 aromatic carbocycles. The molecule has 38 heavy (non-hydrogen) atoms. The highest BCUT2D eigenvalue weighted by Crippen LogP contribution is 2.38. The largest absolute Gasteiger partial charge is 0.364 e. The zero-order valence-corrected chi connectivity index (χ0v) is 22.4. The van der Waals surface area contributed by atoms with Gasteiger partial charge >= 0.3 is 0 Å². The van der Waals surface area contributed by atoms with Crippen molar-refractivity contribution < 1.29 is 17.9 Å². The van der Waals surface area contributed by atoms with E-state index in [0.29, 0.717) is 40.5 Å². The number of amides is 1. The Morgan fingerprint density at radius 2 is 2.03 bits per heavy atom. The van der Waals surface area contributed by atoms with Crippen LogP contribution in [0, 0.1) is 22.4 Å². The van der Waals surface area contributed by atoms with Crippen molar-refractivity contribution in [1.82, 2.24) is 25.4 Å². The molecule has 5 rings (SSSR count). The van der Waals surface area contributed by atoms with Gasteiger partial charge in [-0.3, -0.25) is 9.78 Å². The van der Waals surface area contributed by atoms with Crippen molar-refractivity contribution in [3.63, 3.8) is 0 Å². The molecule has 2 atom stereocenters. The van der Waals surface area contributed by atoms with Gasteiger partial charge in [-0.25, -0.2) is 18.4 Å². The van der Waals surface area contributed by atoms with E-state index < -0.39 is 21.6 Å². The van der Waals surface area contributed by atoms with E-state index >= 15 is 4.39 Å². The monoisotopic (exact) mass is 538 g/mol. The summed E-state index contributed by atoms with van der Waals surface area (Å²) in [6.07, 6.45) is 9.96. The minimum atomic E-state index is -3.11. The van der Waals surface area contributed by atoms with Gasteiger partial charge < -0.3 is 14.8 Å². The van der Waals surface area contributed by atoms with Gasteiger partial charge in [0.25, 0.3) is 5.91 Å². The fourth-order valence-corrected chi connectivity index (χ4v) is 6.19. The van der Waals surface area contributed by atoms with Crippen LogP contribution < -0.4 is 5.32 Å². The molecule has 2 unspecified atom stereocenters. The predicted molar refractivity (Wildman–Crippen MR) is 142 cm³/mol. The summed E-state index contributed by atoms with van der Waals surface area (Å²) in [6, 6.07) is 4.31.